The van der Waals surface area contributed by atoms with Crippen molar-refractivity contribution >= 4 is 0 Å². The van der Waals surface area contributed by atoms with Gasteiger partial charge >= 0.3 is 0 Å². The molecule has 1 unspecified atom stereocenters. The molecule has 1 aliphatic rings. The Hall–Kier alpha value is -1.04. The highest BCUT2D eigenvalue weighted by Gasteiger charge is 2.21. The zero-order valence-corrected chi connectivity index (χ0v) is 13.1. The maximum Gasteiger partial charge on any atom is 0.251 e. The van der Waals surface area contributed by atoms with Gasteiger partial charge in [-0.2, -0.15) is 0 Å². The number of hydrogen-bond donors (Lipinski definition) is 2. The lowest BCUT2D eigenvalue weighted by Crippen LogP contribution is -2.44. The lowest BCUT2D eigenvalue weighted by Gasteiger charge is -2.32. The molecule has 0 saturated carbocycles. The molecule has 2 N–H and O–H groups in total. The topological polar surface area (TPSA) is 35.5 Å². The Balaban J connectivity index is 1.71. The number of aryl methyl sites for hydroxylation is 1. The first-order valence-corrected chi connectivity index (χ1v) is 8.09. The molecule has 5 heteroatoms. The number of aliphatic hydroxyl groups is 1. The highest BCUT2D eigenvalue weighted by molar-refractivity contribution is 5.24. The number of nitrogens with one attached hydrogen (secondary N) is 1. The van der Waals surface area contributed by atoms with Crippen LogP contribution < -0.4 is 5.32 Å². The number of alkyl halides is 2. The third-order valence-electron chi connectivity index (χ3n) is 4.36. The molecule has 124 valence electrons. The van der Waals surface area contributed by atoms with Crippen LogP contribution in [-0.2, 0) is 6.42 Å². The van der Waals surface area contributed by atoms with Crippen LogP contribution in [0.15, 0.2) is 24.3 Å². The van der Waals surface area contributed by atoms with Crippen molar-refractivity contribution < 1.29 is 13.9 Å². The van der Waals surface area contributed by atoms with Gasteiger partial charge in [-0.1, -0.05) is 31.2 Å². The van der Waals surface area contributed by atoms with Gasteiger partial charge in [-0.3, -0.25) is 4.90 Å². The number of benzene rings is 1. The molecule has 3 nitrogen and oxygen atoms in total. The molecule has 22 heavy (non-hydrogen) atoms. The van der Waals surface area contributed by atoms with Crippen molar-refractivity contribution in [2.75, 3.05) is 26.2 Å². The second-order valence-corrected chi connectivity index (χ2v) is 5.99. The van der Waals surface area contributed by atoms with Crippen LogP contribution in [0.2, 0.25) is 0 Å². The Morgan fingerprint density at radius 3 is 2.41 bits per heavy atom. The van der Waals surface area contributed by atoms with E-state index in [1.165, 1.54) is 5.56 Å². The lowest BCUT2D eigenvalue weighted by atomic mass is 10.0. The highest BCUT2D eigenvalue weighted by Crippen LogP contribution is 2.16. The molecule has 0 radical (unpaired) electrons. The second-order valence-electron chi connectivity index (χ2n) is 5.99. The van der Waals surface area contributed by atoms with E-state index >= 15 is 0 Å². The van der Waals surface area contributed by atoms with Crippen molar-refractivity contribution in [2.24, 2.45) is 0 Å². The van der Waals surface area contributed by atoms with Gasteiger partial charge in [-0.25, -0.2) is 8.78 Å². The maximum atomic E-state index is 12.3. The molecule has 1 fully saturated rings. The van der Waals surface area contributed by atoms with Gasteiger partial charge < -0.3 is 10.4 Å². The molecule has 0 spiro atoms. The number of halogens is 2. The molecule has 1 aromatic carbocycles. The van der Waals surface area contributed by atoms with Crippen molar-refractivity contribution in [3.05, 3.63) is 35.4 Å². The van der Waals surface area contributed by atoms with Crippen LogP contribution in [0.4, 0.5) is 8.78 Å². The summed E-state index contributed by atoms with van der Waals surface area (Å²) >= 11 is 0. The first kappa shape index (κ1) is 17.3. The summed E-state index contributed by atoms with van der Waals surface area (Å²) in [6.45, 7) is 3.88. The Labute approximate surface area is 131 Å². The SMILES string of the molecule is CCc1ccc(C(O)CNC2CCN(CC(F)F)CC2)cc1. The fourth-order valence-corrected chi connectivity index (χ4v) is 2.89. The highest BCUT2D eigenvalue weighted by atomic mass is 19.3. The van der Waals surface area contributed by atoms with E-state index in [9.17, 15) is 13.9 Å². The van der Waals surface area contributed by atoms with Crippen LogP contribution in [0.1, 0.15) is 37.0 Å². The first-order chi connectivity index (χ1) is 10.6. The van der Waals surface area contributed by atoms with E-state index < -0.39 is 12.5 Å². The van der Waals surface area contributed by atoms with Crippen molar-refractivity contribution in [3.63, 3.8) is 0 Å². The molecule has 0 bridgehead atoms. The number of rotatable bonds is 7. The molecular formula is C17H26F2N2O. The van der Waals surface area contributed by atoms with Crippen LogP contribution >= 0.6 is 0 Å². The van der Waals surface area contributed by atoms with E-state index in [0.717, 1.165) is 24.8 Å². The number of aliphatic hydroxyl groups excluding tert-OH is 1. The zero-order chi connectivity index (χ0) is 15.9. The van der Waals surface area contributed by atoms with Crippen molar-refractivity contribution in [1.82, 2.24) is 10.2 Å². The Morgan fingerprint density at radius 2 is 1.86 bits per heavy atom. The average molecular weight is 312 g/mol. The summed E-state index contributed by atoms with van der Waals surface area (Å²) in [5.74, 6) is 0. The number of likely N-dealkylation sites (tertiary alicyclic amines) is 1. The van der Waals surface area contributed by atoms with Gasteiger partial charge in [0.1, 0.15) is 0 Å². The zero-order valence-electron chi connectivity index (χ0n) is 13.1. The Kier molecular flexibility index (Phi) is 6.73. The predicted molar refractivity (Wildman–Crippen MR) is 84.2 cm³/mol. The van der Waals surface area contributed by atoms with Crippen LogP contribution in [0.3, 0.4) is 0 Å². The van der Waals surface area contributed by atoms with E-state index in [4.69, 9.17) is 0 Å². The monoisotopic (exact) mass is 312 g/mol. The van der Waals surface area contributed by atoms with Gasteiger partial charge in [0.05, 0.1) is 12.6 Å². The fraction of sp³-hybridized carbons (Fsp3) is 0.647. The molecule has 0 aliphatic carbocycles. The number of nitrogens with zero attached hydrogens (tertiary/aromatic N) is 1. The minimum atomic E-state index is -2.25. The molecule has 1 saturated heterocycles. The van der Waals surface area contributed by atoms with Crippen molar-refractivity contribution in [2.45, 2.75) is 44.8 Å². The number of hydrogen-bond acceptors (Lipinski definition) is 3. The van der Waals surface area contributed by atoms with Gasteiger partial charge in [-0.05, 0) is 43.5 Å². The van der Waals surface area contributed by atoms with E-state index in [2.05, 4.69) is 12.2 Å². The van der Waals surface area contributed by atoms with Crippen LogP contribution in [0.5, 0.6) is 0 Å². The summed E-state index contributed by atoms with van der Waals surface area (Å²) in [6.07, 6.45) is -0.0729. The fourth-order valence-electron chi connectivity index (χ4n) is 2.89. The largest absolute Gasteiger partial charge is 0.387 e. The normalized spacial score (nSPS) is 18.8. The molecule has 2 rings (SSSR count). The van der Waals surface area contributed by atoms with E-state index in [1.54, 1.807) is 0 Å². The van der Waals surface area contributed by atoms with Crippen molar-refractivity contribution in [3.8, 4) is 0 Å². The quantitative estimate of drug-likeness (QED) is 0.812. The van der Waals surface area contributed by atoms with Gasteiger partial charge in [0.25, 0.3) is 6.43 Å². The van der Waals surface area contributed by atoms with E-state index in [0.29, 0.717) is 25.7 Å². The Morgan fingerprint density at radius 1 is 1.23 bits per heavy atom. The summed E-state index contributed by atoms with van der Waals surface area (Å²) in [5.41, 5.74) is 2.18. The van der Waals surface area contributed by atoms with E-state index in [1.807, 2.05) is 29.2 Å². The molecule has 1 aromatic rings. The van der Waals surface area contributed by atoms with Crippen molar-refractivity contribution in [1.29, 1.82) is 0 Å². The summed E-state index contributed by atoms with van der Waals surface area (Å²) in [5, 5.41) is 13.6. The first-order valence-electron chi connectivity index (χ1n) is 8.09. The summed E-state index contributed by atoms with van der Waals surface area (Å²) < 4.78 is 24.6. The third-order valence-corrected chi connectivity index (χ3v) is 4.36. The van der Waals surface area contributed by atoms with Gasteiger partial charge in [0.15, 0.2) is 0 Å². The Bertz CT molecular complexity index is 431. The minimum Gasteiger partial charge on any atom is -0.387 e. The number of piperidine rings is 1. The van der Waals surface area contributed by atoms with Crippen LogP contribution in [0.25, 0.3) is 0 Å². The molecule has 1 heterocycles. The second kappa shape index (κ2) is 8.56. The van der Waals surface area contributed by atoms with Gasteiger partial charge in [-0.15, -0.1) is 0 Å². The minimum absolute atomic E-state index is 0.126. The summed E-state index contributed by atoms with van der Waals surface area (Å²) in [7, 11) is 0. The predicted octanol–water partition coefficient (Wildman–Crippen LogP) is 2.60. The van der Waals surface area contributed by atoms with Gasteiger partial charge in [0, 0.05) is 12.6 Å². The van der Waals surface area contributed by atoms with Gasteiger partial charge in [0.2, 0.25) is 0 Å². The average Bonchev–Trinajstić information content (AvgIpc) is 2.53. The van der Waals surface area contributed by atoms with E-state index in [-0.39, 0.29) is 6.54 Å². The standard InChI is InChI=1S/C17H26F2N2O/c1-2-13-3-5-14(6-4-13)16(22)11-20-15-7-9-21(10-8-15)12-17(18)19/h3-6,15-17,20,22H,2,7-12H2,1H3. The third kappa shape index (κ3) is 5.30. The molecule has 0 aromatic heterocycles. The maximum absolute atomic E-state index is 12.3. The molecule has 1 atom stereocenters. The summed E-state index contributed by atoms with van der Waals surface area (Å²) in [4.78, 5) is 1.81. The smallest absolute Gasteiger partial charge is 0.251 e. The van der Waals surface area contributed by atoms with Crippen LogP contribution in [0, 0.1) is 0 Å². The van der Waals surface area contributed by atoms with Crippen LogP contribution in [-0.4, -0.2) is 48.7 Å². The molecular weight excluding hydrogens is 286 g/mol. The summed E-state index contributed by atoms with van der Waals surface area (Å²) in [6, 6.07) is 8.33. The molecule has 0 amide bonds. The molecule has 1 aliphatic heterocycles. The lowest BCUT2D eigenvalue weighted by molar-refractivity contribution is 0.0713.